The molecule has 1 aromatic rings. The van der Waals surface area contributed by atoms with Gasteiger partial charge in [-0.2, -0.15) is 9.97 Å². The topological polar surface area (TPSA) is 35.0 Å². The molecule has 0 aromatic carbocycles. The van der Waals surface area contributed by atoms with Crippen LogP contribution >= 0.6 is 11.6 Å². The van der Waals surface area contributed by atoms with E-state index < -0.39 is 0 Å². The van der Waals surface area contributed by atoms with E-state index in [0.29, 0.717) is 17.1 Å². The minimum atomic E-state index is 0.370. The summed E-state index contributed by atoms with van der Waals surface area (Å²) in [6.45, 7) is 0. The van der Waals surface area contributed by atoms with Gasteiger partial charge in [0.05, 0.1) is 12.8 Å². The van der Waals surface area contributed by atoms with Gasteiger partial charge in [0, 0.05) is 5.92 Å². The molecule has 4 heteroatoms. The fourth-order valence-electron chi connectivity index (χ4n) is 1.42. The standard InChI is InChI=1S/C9H11ClN2O/c1-13-9-11-7(5-8(10)12-9)6-3-2-4-6/h5-6H,2-4H2,1H3. The minimum absolute atomic E-state index is 0.370. The molecule has 1 saturated carbocycles. The molecule has 2 rings (SSSR count). The van der Waals surface area contributed by atoms with Crippen molar-refractivity contribution in [2.24, 2.45) is 0 Å². The first-order valence-electron chi connectivity index (χ1n) is 4.38. The first kappa shape index (κ1) is 8.75. The second-order valence-corrected chi connectivity index (χ2v) is 3.62. The van der Waals surface area contributed by atoms with Gasteiger partial charge in [-0.3, -0.25) is 0 Å². The molecule has 0 saturated heterocycles. The molecule has 0 atom stereocenters. The highest BCUT2D eigenvalue weighted by atomic mass is 35.5. The molecular formula is C9H11ClN2O. The Bertz CT molecular complexity index is 312. The van der Waals surface area contributed by atoms with Crippen molar-refractivity contribution in [1.82, 2.24) is 9.97 Å². The van der Waals surface area contributed by atoms with E-state index in [1.54, 1.807) is 7.11 Å². The lowest BCUT2D eigenvalue weighted by Gasteiger charge is -2.24. The van der Waals surface area contributed by atoms with Gasteiger partial charge in [0.1, 0.15) is 5.15 Å². The molecule has 0 radical (unpaired) electrons. The summed E-state index contributed by atoms with van der Waals surface area (Å²) in [5.74, 6) is 0.564. The summed E-state index contributed by atoms with van der Waals surface area (Å²) >= 11 is 5.82. The van der Waals surface area contributed by atoms with E-state index in [2.05, 4.69) is 9.97 Å². The molecule has 0 aliphatic heterocycles. The van der Waals surface area contributed by atoms with Gasteiger partial charge < -0.3 is 4.74 Å². The zero-order valence-electron chi connectivity index (χ0n) is 7.46. The number of aromatic nitrogens is 2. The summed E-state index contributed by atoms with van der Waals surface area (Å²) in [4.78, 5) is 8.18. The van der Waals surface area contributed by atoms with Crippen LogP contribution in [-0.2, 0) is 0 Å². The van der Waals surface area contributed by atoms with Crippen molar-refractivity contribution in [3.63, 3.8) is 0 Å². The molecule has 13 heavy (non-hydrogen) atoms. The van der Waals surface area contributed by atoms with E-state index in [9.17, 15) is 0 Å². The Hall–Kier alpha value is -0.830. The van der Waals surface area contributed by atoms with Crippen molar-refractivity contribution in [2.75, 3.05) is 7.11 Å². The van der Waals surface area contributed by atoms with Crippen molar-refractivity contribution in [3.8, 4) is 6.01 Å². The van der Waals surface area contributed by atoms with Crippen molar-refractivity contribution in [1.29, 1.82) is 0 Å². The number of halogens is 1. The van der Waals surface area contributed by atoms with Gasteiger partial charge in [0.2, 0.25) is 0 Å². The summed E-state index contributed by atoms with van der Waals surface area (Å²) in [7, 11) is 1.55. The molecule has 1 aromatic heterocycles. The predicted octanol–water partition coefficient (Wildman–Crippen LogP) is 2.41. The van der Waals surface area contributed by atoms with Crippen molar-refractivity contribution < 1.29 is 4.74 Å². The maximum absolute atomic E-state index is 5.82. The van der Waals surface area contributed by atoms with E-state index in [1.807, 2.05) is 6.07 Å². The third-order valence-corrected chi connectivity index (χ3v) is 2.59. The quantitative estimate of drug-likeness (QED) is 0.685. The zero-order chi connectivity index (χ0) is 9.26. The van der Waals surface area contributed by atoms with E-state index >= 15 is 0 Å². The lowest BCUT2D eigenvalue weighted by molar-refractivity contribution is 0.364. The largest absolute Gasteiger partial charge is 0.467 e. The van der Waals surface area contributed by atoms with E-state index in [1.165, 1.54) is 19.3 Å². The third-order valence-electron chi connectivity index (χ3n) is 2.40. The zero-order valence-corrected chi connectivity index (χ0v) is 8.21. The molecule has 0 spiro atoms. The van der Waals surface area contributed by atoms with Gasteiger partial charge in [-0.25, -0.2) is 0 Å². The molecule has 0 amide bonds. The Labute approximate surface area is 82.1 Å². The Morgan fingerprint density at radius 3 is 2.77 bits per heavy atom. The average molecular weight is 199 g/mol. The number of ether oxygens (including phenoxy) is 1. The van der Waals surface area contributed by atoms with Crippen LogP contribution in [0.3, 0.4) is 0 Å². The van der Waals surface area contributed by atoms with Crippen molar-refractivity contribution in [2.45, 2.75) is 25.2 Å². The Morgan fingerprint density at radius 1 is 1.46 bits per heavy atom. The highest BCUT2D eigenvalue weighted by molar-refractivity contribution is 6.29. The summed E-state index contributed by atoms with van der Waals surface area (Å²) < 4.78 is 4.95. The lowest BCUT2D eigenvalue weighted by Crippen LogP contribution is -2.11. The van der Waals surface area contributed by atoms with Crippen LogP contribution in [0.5, 0.6) is 6.01 Å². The van der Waals surface area contributed by atoms with Gasteiger partial charge in [-0.1, -0.05) is 18.0 Å². The smallest absolute Gasteiger partial charge is 0.317 e. The number of nitrogens with zero attached hydrogens (tertiary/aromatic N) is 2. The number of methoxy groups -OCH3 is 1. The Morgan fingerprint density at radius 2 is 2.23 bits per heavy atom. The van der Waals surface area contributed by atoms with E-state index in [0.717, 1.165) is 5.69 Å². The van der Waals surface area contributed by atoms with Crippen molar-refractivity contribution >= 4 is 11.6 Å². The van der Waals surface area contributed by atoms with Crippen LogP contribution in [0.4, 0.5) is 0 Å². The highest BCUT2D eigenvalue weighted by Crippen LogP contribution is 2.36. The molecule has 1 fully saturated rings. The summed E-state index contributed by atoms with van der Waals surface area (Å²) in [6, 6.07) is 2.20. The summed E-state index contributed by atoms with van der Waals surface area (Å²) in [5.41, 5.74) is 1.02. The maximum Gasteiger partial charge on any atom is 0.317 e. The molecule has 0 unspecified atom stereocenters. The van der Waals surface area contributed by atoms with Crippen LogP contribution < -0.4 is 4.74 Å². The molecule has 1 heterocycles. The van der Waals surface area contributed by atoms with Crippen LogP contribution in [0, 0.1) is 0 Å². The Kier molecular flexibility index (Phi) is 2.36. The van der Waals surface area contributed by atoms with Crippen LogP contribution in [0.25, 0.3) is 0 Å². The average Bonchev–Trinajstić information content (AvgIpc) is 2.00. The van der Waals surface area contributed by atoms with E-state index in [-0.39, 0.29) is 0 Å². The molecule has 0 N–H and O–H groups in total. The fraction of sp³-hybridized carbons (Fsp3) is 0.556. The molecule has 0 bridgehead atoms. The monoisotopic (exact) mass is 198 g/mol. The number of hydrogen-bond donors (Lipinski definition) is 0. The predicted molar refractivity (Wildman–Crippen MR) is 50.2 cm³/mol. The van der Waals surface area contributed by atoms with Gasteiger partial charge in [-0.15, -0.1) is 0 Å². The SMILES string of the molecule is COc1nc(Cl)cc(C2CCC2)n1. The first-order valence-corrected chi connectivity index (χ1v) is 4.76. The molecule has 1 aliphatic rings. The summed E-state index contributed by atoms with van der Waals surface area (Å²) in [5, 5.41) is 0.466. The molecule has 70 valence electrons. The Balaban J connectivity index is 2.28. The summed E-state index contributed by atoms with van der Waals surface area (Å²) in [6.07, 6.45) is 3.70. The molecule has 3 nitrogen and oxygen atoms in total. The van der Waals surface area contributed by atoms with Crippen LogP contribution in [-0.4, -0.2) is 17.1 Å². The molecule has 1 aliphatic carbocycles. The normalized spacial score (nSPS) is 16.8. The first-order chi connectivity index (χ1) is 6.29. The number of rotatable bonds is 2. The second kappa shape index (κ2) is 3.50. The maximum atomic E-state index is 5.82. The third kappa shape index (κ3) is 1.75. The van der Waals surface area contributed by atoms with Gasteiger partial charge in [0.15, 0.2) is 0 Å². The van der Waals surface area contributed by atoms with Gasteiger partial charge >= 0.3 is 6.01 Å². The van der Waals surface area contributed by atoms with E-state index in [4.69, 9.17) is 16.3 Å². The van der Waals surface area contributed by atoms with Crippen LogP contribution in [0.2, 0.25) is 5.15 Å². The molecular weight excluding hydrogens is 188 g/mol. The lowest BCUT2D eigenvalue weighted by atomic mass is 9.83. The highest BCUT2D eigenvalue weighted by Gasteiger charge is 2.22. The second-order valence-electron chi connectivity index (χ2n) is 3.23. The minimum Gasteiger partial charge on any atom is -0.467 e. The van der Waals surface area contributed by atoms with Crippen molar-refractivity contribution in [3.05, 3.63) is 16.9 Å². The van der Waals surface area contributed by atoms with Gasteiger partial charge in [-0.05, 0) is 18.9 Å². The van der Waals surface area contributed by atoms with Crippen LogP contribution in [0.15, 0.2) is 6.07 Å². The fourth-order valence-corrected chi connectivity index (χ4v) is 1.60. The number of hydrogen-bond acceptors (Lipinski definition) is 3. The van der Waals surface area contributed by atoms with Crippen LogP contribution in [0.1, 0.15) is 30.9 Å². The van der Waals surface area contributed by atoms with Gasteiger partial charge in [0.25, 0.3) is 0 Å².